The Morgan fingerprint density at radius 3 is 2.55 bits per heavy atom. The lowest BCUT2D eigenvalue weighted by Gasteiger charge is -2.36. The summed E-state index contributed by atoms with van der Waals surface area (Å²) in [5.74, 6) is 1.15. The molecular weight excluding hydrogens is 250 g/mol. The summed E-state index contributed by atoms with van der Waals surface area (Å²) in [4.78, 5) is 2.18. The van der Waals surface area contributed by atoms with Crippen molar-refractivity contribution in [2.24, 2.45) is 0 Å². The van der Waals surface area contributed by atoms with Gasteiger partial charge in [0.1, 0.15) is 17.6 Å². The van der Waals surface area contributed by atoms with Crippen LogP contribution in [-0.2, 0) is 0 Å². The number of hydrogen-bond acceptors (Lipinski definition) is 3. The molecule has 0 amide bonds. The largest absolute Gasteiger partial charge is 0.508 e. The number of aromatic hydroxyl groups is 1. The number of rotatable bonds is 2. The lowest BCUT2D eigenvalue weighted by atomic mass is 9.92. The summed E-state index contributed by atoms with van der Waals surface area (Å²) in [6.45, 7) is 0. The molecule has 2 unspecified atom stereocenters. The molecule has 2 aromatic rings. The minimum atomic E-state index is 0.0562. The van der Waals surface area contributed by atoms with E-state index in [2.05, 4.69) is 31.1 Å². The van der Waals surface area contributed by atoms with Crippen LogP contribution in [0, 0.1) is 0 Å². The quantitative estimate of drug-likeness (QED) is 0.905. The highest BCUT2D eigenvalue weighted by molar-refractivity contribution is 5.44. The molecule has 0 spiro atoms. The van der Waals surface area contributed by atoms with Crippen LogP contribution in [0.5, 0.6) is 11.5 Å². The van der Waals surface area contributed by atoms with Crippen molar-refractivity contribution in [1.29, 1.82) is 0 Å². The summed E-state index contributed by atoms with van der Waals surface area (Å²) in [6.07, 6.45) is 0.939. The van der Waals surface area contributed by atoms with Crippen molar-refractivity contribution in [3.63, 3.8) is 0 Å². The van der Waals surface area contributed by atoms with E-state index in [0.717, 1.165) is 17.7 Å². The van der Waals surface area contributed by atoms with Gasteiger partial charge in [-0.25, -0.2) is 0 Å². The normalized spacial score (nSPS) is 21.4. The van der Waals surface area contributed by atoms with Crippen LogP contribution in [0.25, 0.3) is 0 Å². The number of nitrogens with zero attached hydrogens (tertiary/aromatic N) is 1. The second-order valence-electron chi connectivity index (χ2n) is 5.45. The number of phenols is 1. The third-order valence-corrected chi connectivity index (χ3v) is 3.85. The molecule has 0 saturated heterocycles. The molecule has 3 nitrogen and oxygen atoms in total. The Labute approximate surface area is 119 Å². The molecule has 1 heterocycles. The molecule has 0 aliphatic carbocycles. The van der Waals surface area contributed by atoms with E-state index >= 15 is 0 Å². The van der Waals surface area contributed by atoms with Crippen molar-refractivity contribution in [1.82, 2.24) is 4.90 Å². The van der Waals surface area contributed by atoms with Crippen LogP contribution in [0.1, 0.15) is 29.7 Å². The number of benzene rings is 2. The Hall–Kier alpha value is -2.00. The van der Waals surface area contributed by atoms with Crippen LogP contribution in [0.15, 0.2) is 48.5 Å². The van der Waals surface area contributed by atoms with Crippen molar-refractivity contribution >= 4 is 0 Å². The molecule has 3 heteroatoms. The van der Waals surface area contributed by atoms with Crippen molar-refractivity contribution in [2.75, 3.05) is 14.1 Å². The maximum atomic E-state index is 9.70. The van der Waals surface area contributed by atoms with Crippen molar-refractivity contribution in [3.05, 3.63) is 59.7 Å². The van der Waals surface area contributed by atoms with E-state index in [-0.39, 0.29) is 17.9 Å². The molecule has 0 aromatic heterocycles. The Bertz CT molecular complexity index is 595. The SMILES string of the molecule is CN(C)C1CC(c2ccccc2)Oc2ccc(O)cc21. The van der Waals surface area contributed by atoms with E-state index in [1.165, 1.54) is 5.56 Å². The first-order valence-corrected chi connectivity index (χ1v) is 6.86. The van der Waals surface area contributed by atoms with Gasteiger partial charge in [-0.1, -0.05) is 30.3 Å². The smallest absolute Gasteiger partial charge is 0.126 e. The molecule has 0 radical (unpaired) electrons. The van der Waals surface area contributed by atoms with E-state index in [9.17, 15) is 5.11 Å². The molecule has 0 saturated carbocycles. The van der Waals surface area contributed by atoms with Gasteiger partial charge >= 0.3 is 0 Å². The summed E-state index contributed by atoms with van der Waals surface area (Å²) >= 11 is 0. The van der Waals surface area contributed by atoms with Crippen LogP contribution in [0.2, 0.25) is 0 Å². The average molecular weight is 269 g/mol. The monoisotopic (exact) mass is 269 g/mol. The van der Waals surface area contributed by atoms with Gasteiger partial charge in [0.15, 0.2) is 0 Å². The fourth-order valence-electron chi connectivity index (χ4n) is 2.80. The third kappa shape index (κ3) is 2.37. The minimum absolute atomic E-state index is 0.0562. The molecule has 1 aliphatic heterocycles. The number of phenolic OH excluding ortho intramolecular Hbond substituents is 1. The van der Waals surface area contributed by atoms with Gasteiger partial charge in [0.2, 0.25) is 0 Å². The van der Waals surface area contributed by atoms with Gasteiger partial charge in [0.05, 0.1) is 0 Å². The Morgan fingerprint density at radius 2 is 1.85 bits per heavy atom. The average Bonchev–Trinajstić information content (AvgIpc) is 2.47. The van der Waals surface area contributed by atoms with Gasteiger partial charge in [-0.05, 0) is 37.9 Å². The molecule has 2 aromatic carbocycles. The maximum Gasteiger partial charge on any atom is 0.126 e. The zero-order valence-electron chi connectivity index (χ0n) is 11.8. The number of hydrogen-bond donors (Lipinski definition) is 1. The van der Waals surface area contributed by atoms with E-state index < -0.39 is 0 Å². The lowest BCUT2D eigenvalue weighted by Crippen LogP contribution is -2.28. The first kappa shape index (κ1) is 13.0. The Morgan fingerprint density at radius 1 is 1.10 bits per heavy atom. The lowest BCUT2D eigenvalue weighted by molar-refractivity contribution is 0.115. The summed E-state index contributed by atoms with van der Waals surface area (Å²) in [5, 5.41) is 9.70. The molecule has 1 aliphatic rings. The molecule has 20 heavy (non-hydrogen) atoms. The zero-order chi connectivity index (χ0) is 14.1. The Balaban J connectivity index is 1.99. The van der Waals surface area contributed by atoms with Crippen LogP contribution in [0.3, 0.4) is 0 Å². The van der Waals surface area contributed by atoms with Crippen molar-refractivity contribution < 1.29 is 9.84 Å². The van der Waals surface area contributed by atoms with Crippen LogP contribution < -0.4 is 4.74 Å². The standard InChI is InChI=1S/C17H19NO2/c1-18(2)15-11-17(12-6-4-3-5-7-12)20-16-9-8-13(19)10-14(15)16/h3-10,15,17,19H,11H2,1-2H3. The van der Waals surface area contributed by atoms with Crippen LogP contribution in [-0.4, -0.2) is 24.1 Å². The second-order valence-corrected chi connectivity index (χ2v) is 5.45. The number of ether oxygens (including phenoxy) is 1. The van der Waals surface area contributed by atoms with Crippen molar-refractivity contribution in [3.8, 4) is 11.5 Å². The van der Waals surface area contributed by atoms with Gasteiger partial charge in [0, 0.05) is 18.0 Å². The van der Waals surface area contributed by atoms with Gasteiger partial charge in [-0.15, -0.1) is 0 Å². The summed E-state index contributed by atoms with van der Waals surface area (Å²) in [6, 6.07) is 15.9. The molecule has 104 valence electrons. The first-order valence-electron chi connectivity index (χ1n) is 6.86. The summed E-state index contributed by atoms with van der Waals surface area (Å²) in [5.41, 5.74) is 2.25. The topological polar surface area (TPSA) is 32.7 Å². The highest BCUT2D eigenvalue weighted by Gasteiger charge is 2.30. The van der Waals surface area contributed by atoms with Crippen LogP contribution in [0.4, 0.5) is 0 Å². The molecule has 1 N–H and O–H groups in total. The molecule has 0 bridgehead atoms. The highest BCUT2D eigenvalue weighted by atomic mass is 16.5. The molecule has 0 fully saturated rings. The maximum absolute atomic E-state index is 9.70. The van der Waals surface area contributed by atoms with E-state index in [4.69, 9.17) is 4.74 Å². The zero-order valence-corrected chi connectivity index (χ0v) is 11.8. The van der Waals surface area contributed by atoms with Gasteiger partial charge in [-0.3, -0.25) is 0 Å². The fraction of sp³-hybridized carbons (Fsp3) is 0.294. The predicted octanol–water partition coefficient (Wildman–Crippen LogP) is 3.52. The predicted molar refractivity (Wildman–Crippen MR) is 79.0 cm³/mol. The first-order chi connectivity index (χ1) is 9.65. The van der Waals surface area contributed by atoms with Crippen molar-refractivity contribution in [2.45, 2.75) is 18.6 Å². The minimum Gasteiger partial charge on any atom is -0.508 e. The molecule has 3 rings (SSSR count). The summed E-state index contributed by atoms with van der Waals surface area (Å²) < 4.78 is 6.12. The van der Waals surface area contributed by atoms with Gasteiger partial charge in [0.25, 0.3) is 0 Å². The van der Waals surface area contributed by atoms with Gasteiger partial charge < -0.3 is 14.7 Å². The van der Waals surface area contributed by atoms with Gasteiger partial charge in [-0.2, -0.15) is 0 Å². The second kappa shape index (κ2) is 5.17. The fourth-order valence-corrected chi connectivity index (χ4v) is 2.80. The third-order valence-electron chi connectivity index (χ3n) is 3.85. The van der Waals surface area contributed by atoms with Crippen LogP contribution >= 0.6 is 0 Å². The van der Waals surface area contributed by atoms with E-state index in [1.54, 1.807) is 12.1 Å². The molecular formula is C17H19NO2. The molecule has 2 atom stereocenters. The Kier molecular flexibility index (Phi) is 3.36. The van der Waals surface area contributed by atoms with E-state index in [0.29, 0.717) is 0 Å². The number of fused-ring (bicyclic) bond motifs is 1. The van der Waals surface area contributed by atoms with E-state index in [1.807, 2.05) is 24.3 Å². The summed E-state index contributed by atoms with van der Waals surface area (Å²) in [7, 11) is 4.12. The highest BCUT2D eigenvalue weighted by Crippen LogP contribution is 2.43.